The van der Waals surface area contributed by atoms with Gasteiger partial charge in [-0.2, -0.15) is 0 Å². The van der Waals surface area contributed by atoms with Gasteiger partial charge in [0.2, 0.25) is 5.91 Å². The Morgan fingerprint density at radius 2 is 2.29 bits per heavy atom. The van der Waals surface area contributed by atoms with Crippen LogP contribution in [0.1, 0.15) is 18.2 Å². The fourth-order valence-corrected chi connectivity index (χ4v) is 2.33. The highest BCUT2D eigenvalue weighted by molar-refractivity contribution is 7.13. The summed E-state index contributed by atoms with van der Waals surface area (Å²) >= 11 is 1.60. The van der Waals surface area contributed by atoms with Gasteiger partial charge in [0.05, 0.1) is 12.2 Å². The summed E-state index contributed by atoms with van der Waals surface area (Å²) in [5.74, 6) is -0.0323. The molecule has 0 spiro atoms. The Bertz CT molecular complexity index is 534. The Morgan fingerprint density at radius 3 is 3.00 bits per heavy atom. The number of aryl methyl sites for hydroxylation is 1. The maximum absolute atomic E-state index is 10.8. The van der Waals surface area contributed by atoms with Gasteiger partial charge >= 0.3 is 0 Å². The molecule has 17 heavy (non-hydrogen) atoms. The van der Waals surface area contributed by atoms with E-state index in [0.717, 1.165) is 16.3 Å². The van der Waals surface area contributed by atoms with Gasteiger partial charge in [-0.15, -0.1) is 11.3 Å². The minimum Gasteiger partial charge on any atom is -0.351 e. The molecule has 0 aliphatic rings. The third kappa shape index (κ3) is 3.14. The summed E-state index contributed by atoms with van der Waals surface area (Å²) in [6.07, 6.45) is 0. The van der Waals surface area contributed by atoms with Gasteiger partial charge in [-0.25, -0.2) is 4.98 Å². The molecule has 0 saturated heterocycles. The number of hydrogen-bond donors (Lipinski definition) is 1. The van der Waals surface area contributed by atoms with Gasteiger partial charge in [-0.3, -0.25) is 4.79 Å². The molecule has 1 aromatic carbocycles. The Morgan fingerprint density at radius 1 is 1.47 bits per heavy atom. The molecule has 0 fully saturated rings. The first-order valence-electron chi connectivity index (χ1n) is 5.41. The van der Waals surface area contributed by atoms with Crippen LogP contribution in [0.4, 0.5) is 0 Å². The van der Waals surface area contributed by atoms with Crippen LogP contribution in [0.15, 0.2) is 29.6 Å². The lowest BCUT2D eigenvalue weighted by Gasteiger charge is -1.98. The maximum Gasteiger partial charge on any atom is 0.217 e. The van der Waals surface area contributed by atoms with E-state index >= 15 is 0 Å². The van der Waals surface area contributed by atoms with Crippen LogP contribution in [0.2, 0.25) is 0 Å². The zero-order valence-electron chi connectivity index (χ0n) is 9.86. The number of carbonyl (C=O) groups excluding carboxylic acids is 1. The standard InChI is InChI=1S/C13H14N2OS/c1-9-4-3-5-11(6-9)13-15-12(8-17-13)7-14-10(2)16/h3-6,8H,7H2,1-2H3,(H,14,16). The summed E-state index contributed by atoms with van der Waals surface area (Å²) < 4.78 is 0. The molecule has 2 rings (SSSR count). The fourth-order valence-electron chi connectivity index (χ4n) is 1.51. The van der Waals surface area contributed by atoms with Gasteiger partial charge < -0.3 is 5.32 Å². The van der Waals surface area contributed by atoms with E-state index in [9.17, 15) is 4.79 Å². The molecular weight excluding hydrogens is 232 g/mol. The van der Waals surface area contributed by atoms with E-state index < -0.39 is 0 Å². The molecule has 0 unspecified atom stereocenters. The van der Waals surface area contributed by atoms with Crippen molar-refractivity contribution in [3.63, 3.8) is 0 Å². The van der Waals surface area contributed by atoms with Gasteiger partial charge in [0.15, 0.2) is 0 Å². The van der Waals surface area contributed by atoms with E-state index in [4.69, 9.17) is 0 Å². The van der Waals surface area contributed by atoms with Gasteiger partial charge in [-0.1, -0.05) is 23.8 Å². The number of nitrogens with one attached hydrogen (secondary N) is 1. The van der Waals surface area contributed by atoms with E-state index in [1.54, 1.807) is 11.3 Å². The highest BCUT2D eigenvalue weighted by Gasteiger charge is 2.05. The third-order valence-corrected chi connectivity index (χ3v) is 3.28. The fraction of sp³-hybridized carbons (Fsp3) is 0.231. The van der Waals surface area contributed by atoms with Crippen molar-refractivity contribution >= 4 is 17.2 Å². The predicted octanol–water partition coefficient (Wildman–Crippen LogP) is 2.75. The number of benzene rings is 1. The van der Waals surface area contributed by atoms with Crippen LogP contribution < -0.4 is 5.32 Å². The molecule has 0 saturated carbocycles. The predicted molar refractivity (Wildman–Crippen MR) is 69.8 cm³/mol. The summed E-state index contributed by atoms with van der Waals surface area (Å²) in [7, 11) is 0. The van der Waals surface area contributed by atoms with E-state index in [2.05, 4.69) is 29.4 Å². The van der Waals surface area contributed by atoms with Crippen LogP contribution in [0.5, 0.6) is 0 Å². The van der Waals surface area contributed by atoms with Crippen molar-refractivity contribution in [3.05, 3.63) is 40.9 Å². The topological polar surface area (TPSA) is 42.0 Å². The number of hydrogen-bond acceptors (Lipinski definition) is 3. The first-order valence-corrected chi connectivity index (χ1v) is 6.29. The largest absolute Gasteiger partial charge is 0.351 e. The number of nitrogens with zero attached hydrogens (tertiary/aromatic N) is 1. The van der Waals surface area contributed by atoms with Crippen LogP contribution in [0.25, 0.3) is 10.6 Å². The Kier molecular flexibility index (Phi) is 3.54. The second-order valence-corrected chi connectivity index (χ2v) is 4.78. The lowest BCUT2D eigenvalue weighted by atomic mass is 10.1. The van der Waals surface area contributed by atoms with Crippen LogP contribution in [0, 0.1) is 6.92 Å². The van der Waals surface area contributed by atoms with Crippen molar-refractivity contribution in [1.29, 1.82) is 0 Å². The monoisotopic (exact) mass is 246 g/mol. The van der Waals surface area contributed by atoms with Gasteiger partial charge in [0.25, 0.3) is 0 Å². The summed E-state index contributed by atoms with van der Waals surface area (Å²) in [6.45, 7) is 4.07. The number of amides is 1. The minimum atomic E-state index is -0.0323. The molecule has 1 aromatic heterocycles. The normalized spacial score (nSPS) is 10.2. The van der Waals surface area contributed by atoms with Crippen LogP contribution in [-0.2, 0) is 11.3 Å². The molecule has 1 amide bonds. The summed E-state index contributed by atoms with van der Waals surface area (Å²) in [5, 5.41) is 5.72. The molecule has 4 heteroatoms. The average molecular weight is 246 g/mol. The number of thiazole rings is 1. The molecule has 0 radical (unpaired) electrons. The minimum absolute atomic E-state index is 0.0323. The highest BCUT2D eigenvalue weighted by atomic mass is 32.1. The number of rotatable bonds is 3. The van der Waals surface area contributed by atoms with Crippen molar-refractivity contribution < 1.29 is 4.79 Å². The SMILES string of the molecule is CC(=O)NCc1csc(-c2cccc(C)c2)n1. The molecule has 0 aliphatic heterocycles. The Balaban J connectivity index is 2.15. The maximum atomic E-state index is 10.8. The first-order chi connectivity index (χ1) is 8.15. The molecule has 0 aliphatic carbocycles. The second kappa shape index (κ2) is 5.10. The van der Waals surface area contributed by atoms with Gasteiger partial charge in [-0.05, 0) is 13.0 Å². The molecular formula is C13H14N2OS. The molecule has 3 nitrogen and oxygen atoms in total. The van der Waals surface area contributed by atoms with E-state index in [0.29, 0.717) is 6.54 Å². The van der Waals surface area contributed by atoms with Crippen LogP contribution >= 0.6 is 11.3 Å². The van der Waals surface area contributed by atoms with Crippen LogP contribution in [0.3, 0.4) is 0 Å². The van der Waals surface area contributed by atoms with Crippen molar-refractivity contribution in [3.8, 4) is 10.6 Å². The van der Waals surface area contributed by atoms with Crippen molar-refractivity contribution in [2.24, 2.45) is 0 Å². The third-order valence-electron chi connectivity index (χ3n) is 2.34. The zero-order valence-corrected chi connectivity index (χ0v) is 10.7. The van der Waals surface area contributed by atoms with Crippen molar-refractivity contribution in [2.45, 2.75) is 20.4 Å². The Hall–Kier alpha value is -1.68. The van der Waals surface area contributed by atoms with Crippen LogP contribution in [-0.4, -0.2) is 10.9 Å². The zero-order chi connectivity index (χ0) is 12.3. The highest BCUT2D eigenvalue weighted by Crippen LogP contribution is 2.24. The van der Waals surface area contributed by atoms with Gasteiger partial charge in [0.1, 0.15) is 5.01 Å². The average Bonchev–Trinajstić information content (AvgIpc) is 2.75. The Labute approximate surface area is 105 Å². The molecule has 2 aromatic rings. The van der Waals surface area contributed by atoms with Gasteiger partial charge in [0, 0.05) is 17.9 Å². The second-order valence-electron chi connectivity index (χ2n) is 3.92. The smallest absolute Gasteiger partial charge is 0.217 e. The first kappa shape index (κ1) is 11.8. The molecule has 0 bridgehead atoms. The summed E-state index contributed by atoms with van der Waals surface area (Å²) in [6, 6.07) is 8.25. The number of carbonyl (C=O) groups is 1. The summed E-state index contributed by atoms with van der Waals surface area (Å²) in [4.78, 5) is 15.3. The lowest BCUT2D eigenvalue weighted by molar-refractivity contribution is -0.119. The van der Waals surface area contributed by atoms with E-state index in [-0.39, 0.29) is 5.91 Å². The van der Waals surface area contributed by atoms with Crippen molar-refractivity contribution in [2.75, 3.05) is 0 Å². The summed E-state index contributed by atoms with van der Waals surface area (Å²) in [5.41, 5.74) is 3.26. The van der Waals surface area contributed by atoms with E-state index in [1.165, 1.54) is 12.5 Å². The molecule has 88 valence electrons. The number of aromatic nitrogens is 1. The molecule has 0 atom stereocenters. The van der Waals surface area contributed by atoms with E-state index in [1.807, 2.05) is 17.5 Å². The lowest BCUT2D eigenvalue weighted by Crippen LogP contribution is -2.18. The van der Waals surface area contributed by atoms with Crippen molar-refractivity contribution in [1.82, 2.24) is 10.3 Å². The quantitative estimate of drug-likeness (QED) is 0.904. The molecule has 1 heterocycles. The molecule has 1 N–H and O–H groups in total.